The van der Waals surface area contributed by atoms with Crippen LogP contribution in [0.15, 0.2) is 22.9 Å². The standard InChI is InChI=1S/C16H16N6O.C2HF3O2/c1-7-12(8(2)23-21-7)10-6-11-13(15(17)20-16(18)19-11)9-4-5-22(3)14(9)10;3-2(4,5)1(6)7/h4-6H,1-3H3,(H4,17,18,19,20);(H,6,7). The number of halogens is 3. The SMILES string of the molecule is Cc1noc(C)c1-c1cc2nc(N)nc(N)c2c2ccn(C)c12.O=C(O)C(F)(F)F. The van der Waals surface area contributed by atoms with Crippen LogP contribution in [0.2, 0.25) is 0 Å². The van der Waals surface area contributed by atoms with Gasteiger partial charge in [-0.15, -0.1) is 0 Å². The highest BCUT2D eigenvalue weighted by Gasteiger charge is 2.38. The molecule has 3 aromatic heterocycles. The van der Waals surface area contributed by atoms with Gasteiger partial charge in [0.1, 0.15) is 11.6 Å². The maximum Gasteiger partial charge on any atom is 0.490 e. The van der Waals surface area contributed by atoms with Gasteiger partial charge in [-0.2, -0.15) is 18.2 Å². The molecule has 0 bridgehead atoms. The summed E-state index contributed by atoms with van der Waals surface area (Å²) in [5.41, 5.74) is 16.4. The number of nitrogen functional groups attached to an aromatic ring is 2. The van der Waals surface area contributed by atoms with Gasteiger partial charge < -0.3 is 25.7 Å². The second-order valence-electron chi connectivity index (χ2n) is 6.48. The third-order valence-electron chi connectivity index (χ3n) is 4.41. The molecule has 0 atom stereocenters. The van der Waals surface area contributed by atoms with Crippen LogP contribution in [-0.4, -0.2) is 36.9 Å². The molecule has 0 aliphatic heterocycles. The lowest BCUT2D eigenvalue weighted by atomic mass is 9.98. The third kappa shape index (κ3) is 3.58. The summed E-state index contributed by atoms with van der Waals surface area (Å²) >= 11 is 0. The van der Waals surface area contributed by atoms with Crippen molar-refractivity contribution in [1.82, 2.24) is 19.7 Å². The summed E-state index contributed by atoms with van der Waals surface area (Å²) in [5, 5.41) is 13.0. The summed E-state index contributed by atoms with van der Waals surface area (Å²) in [7, 11) is 1.99. The lowest BCUT2D eigenvalue weighted by Gasteiger charge is -2.10. The predicted octanol–water partition coefficient (Wildman–Crippen LogP) is 3.19. The number of hydrogen-bond acceptors (Lipinski definition) is 7. The number of carboxylic acids is 1. The van der Waals surface area contributed by atoms with Gasteiger partial charge in [-0.3, -0.25) is 0 Å². The number of alkyl halides is 3. The first kappa shape index (κ1) is 20.9. The highest BCUT2D eigenvalue weighted by molar-refractivity contribution is 6.15. The fraction of sp³-hybridized carbons (Fsp3) is 0.222. The quantitative estimate of drug-likeness (QED) is 0.424. The molecule has 0 radical (unpaired) electrons. The summed E-state index contributed by atoms with van der Waals surface area (Å²) in [6, 6.07) is 3.98. The molecule has 30 heavy (non-hydrogen) atoms. The molecule has 3 heterocycles. The Labute approximate surface area is 167 Å². The first-order chi connectivity index (χ1) is 13.9. The Balaban J connectivity index is 0.000000318. The molecular weight excluding hydrogens is 405 g/mol. The minimum atomic E-state index is -5.08. The molecule has 1 aromatic carbocycles. The van der Waals surface area contributed by atoms with E-state index in [1.165, 1.54) is 0 Å². The minimum absolute atomic E-state index is 0.162. The molecule has 0 fully saturated rings. The van der Waals surface area contributed by atoms with Crippen LogP contribution in [0.5, 0.6) is 0 Å². The molecule has 4 aromatic rings. The summed E-state index contributed by atoms with van der Waals surface area (Å²) in [4.78, 5) is 17.3. The van der Waals surface area contributed by atoms with Gasteiger partial charge in [0.05, 0.1) is 22.1 Å². The van der Waals surface area contributed by atoms with Crippen LogP contribution < -0.4 is 11.5 Å². The first-order valence-electron chi connectivity index (χ1n) is 8.46. The Kier molecular flexibility index (Phi) is 5.02. The lowest BCUT2D eigenvalue weighted by molar-refractivity contribution is -0.192. The monoisotopic (exact) mass is 422 g/mol. The van der Waals surface area contributed by atoms with Crippen molar-refractivity contribution in [2.24, 2.45) is 7.05 Å². The van der Waals surface area contributed by atoms with Crippen LogP contribution in [0.3, 0.4) is 0 Å². The molecular formula is C18H17F3N6O3. The van der Waals surface area contributed by atoms with Gasteiger partial charge >= 0.3 is 12.1 Å². The van der Waals surface area contributed by atoms with E-state index in [1.807, 2.05) is 43.8 Å². The van der Waals surface area contributed by atoms with Gasteiger partial charge in [-0.05, 0) is 26.0 Å². The Hall–Kier alpha value is -3.83. The summed E-state index contributed by atoms with van der Waals surface area (Å²) in [6.45, 7) is 3.82. The van der Waals surface area contributed by atoms with Crippen molar-refractivity contribution in [3.63, 3.8) is 0 Å². The average molecular weight is 422 g/mol. The van der Waals surface area contributed by atoms with Gasteiger partial charge in [-0.25, -0.2) is 9.78 Å². The third-order valence-corrected chi connectivity index (χ3v) is 4.41. The molecule has 0 aliphatic rings. The molecule has 5 N–H and O–H groups in total. The van der Waals surface area contributed by atoms with E-state index in [-0.39, 0.29) is 5.95 Å². The Morgan fingerprint density at radius 3 is 2.40 bits per heavy atom. The normalized spacial score (nSPS) is 11.5. The Morgan fingerprint density at radius 2 is 1.87 bits per heavy atom. The van der Waals surface area contributed by atoms with Crippen molar-refractivity contribution in [2.75, 3.05) is 11.5 Å². The van der Waals surface area contributed by atoms with Gasteiger partial charge in [0.2, 0.25) is 5.95 Å². The number of carboxylic acid groups (broad SMARTS) is 1. The molecule has 12 heteroatoms. The van der Waals surface area contributed by atoms with E-state index in [9.17, 15) is 13.2 Å². The van der Waals surface area contributed by atoms with Crippen LogP contribution in [0.1, 0.15) is 11.5 Å². The van der Waals surface area contributed by atoms with Gasteiger partial charge in [0, 0.05) is 29.8 Å². The summed E-state index contributed by atoms with van der Waals surface area (Å²) in [6.07, 6.45) is -3.10. The van der Waals surface area contributed by atoms with E-state index in [4.69, 9.17) is 25.9 Å². The highest BCUT2D eigenvalue weighted by Crippen LogP contribution is 2.39. The molecule has 0 unspecified atom stereocenters. The maximum absolute atomic E-state index is 10.6. The Morgan fingerprint density at radius 1 is 1.23 bits per heavy atom. The van der Waals surface area contributed by atoms with E-state index in [0.717, 1.165) is 38.9 Å². The molecule has 0 aliphatic carbocycles. The molecule has 0 spiro atoms. The zero-order valence-corrected chi connectivity index (χ0v) is 16.1. The molecule has 158 valence electrons. The first-order valence-corrected chi connectivity index (χ1v) is 8.46. The molecule has 0 amide bonds. The number of rotatable bonds is 1. The van der Waals surface area contributed by atoms with E-state index in [1.54, 1.807) is 0 Å². The number of aliphatic carboxylic acids is 1. The van der Waals surface area contributed by atoms with E-state index < -0.39 is 12.1 Å². The summed E-state index contributed by atoms with van der Waals surface area (Å²) < 4.78 is 39.1. The fourth-order valence-electron chi connectivity index (χ4n) is 3.23. The zero-order chi connectivity index (χ0) is 22.4. The number of benzene rings is 1. The summed E-state index contributed by atoms with van der Waals surface area (Å²) in [5.74, 6) is -1.45. The second kappa shape index (κ2) is 7.21. The Bertz CT molecular complexity index is 1260. The van der Waals surface area contributed by atoms with Crippen molar-refractivity contribution in [2.45, 2.75) is 20.0 Å². The number of nitrogens with zero attached hydrogens (tertiary/aromatic N) is 4. The van der Waals surface area contributed by atoms with Gasteiger partial charge in [0.15, 0.2) is 0 Å². The zero-order valence-electron chi connectivity index (χ0n) is 16.1. The fourth-order valence-corrected chi connectivity index (χ4v) is 3.23. The van der Waals surface area contributed by atoms with Crippen molar-refractivity contribution in [3.8, 4) is 11.1 Å². The van der Waals surface area contributed by atoms with Crippen molar-refractivity contribution < 1.29 is 27.6 Å². The van der Waals surface area contributed by atoms with Crippen LogP contribution >= 0.6 is 0 Å². The van der Waals surface area contributed by atoms with Crippen molar-refractivity contribution in [1.29, 1.82) is 0 Å². The lowest BCUT2D eigenvalue weighted by Crippen LogP contribution is -2.21. The number of aryl methyl sites for hydroxylation is 3. The average Bonchev–Trinajstić information content (AvgIpc) is 3.16. The second-order valence-corrected chi connectivity index (χ2v) is 6.48. The smallest absolute Gasteiger partial charge is 0.475 e. The number of hydrogen-bond donors (Lipinski definition) is 3. The van der Waals surface area contributed by atoms with Crippen molar-refractivity contribution >= 4 is 39.5 Å². The highest BCUT2D eigenvalue weighted by atomic mass is 19.4. The van der Waals surface area contributed by atoms with E-state index >= 15 is 0 Å². The molecule has 9 nitrogen and oxygen atoms in total. The maximum atomic E-state index is 10.6. The number of aromatic nitrogens is 4. The topological polar surface area (TPSA) is 146 Å². The number of nitrogens with two attached hydrogens (primary N) is 2. The van der Waals surface area contributed by atoms with Crippen LogP contribution in [0.25, 0.3) is 32.9 Å². The predicted molar refractivity (Wildman–Crippen MR) is 104 cm³/mol. The minimum Gasteiger partial charge on any atom is -0.475 e. The van der Waals surface area contributed by atoms with E-state index in [0.29, 0.717) is 11.3 Å². The van der Waals surface area contributed by atoms with Crippen LogP contribution in [0, 0.1) is 13.8 Å². The van der Waals surface area contributed by atoms with Gasteiger partial charge in [-0.1, -0.05) is 5.16 Å². The number of anilines is 2. The number of carbonyl (C=O) groups is 1. The largest absolute Gasteiger partial charge is 0.490 e. The van der Waals surface area contributed by atoms with Crippen LogP contribution in [0.4, 0.5) is 24.9 Å². The molecule has 0 saturated heterocycles. The van der Waals surface area contributed by atoms with Crippen LogP contribution in [-0.2, 0) is 11.8 Å². The number of fused-ring (bicyclic) bond motifs is 3. The molecule has 4 rings (SSSR count). The molecule has 0 saturated carbocycles. The van der Waals surface area contributed by atoms with Gasteiger partial charge in [0.25, 0.3) is 0 Å². The van der Waals surface area contributed by atoms with E-state index in [2.05, 4.69) is 15.1 Å². The van der Waals surface area contributed by atoms with Crippen molar-refractivity contribution in [3.05, 3.63) is 29.8 Å².